The molecular formula is C24H26N6O3S. The number of aryl methyl sites for hydroxylation is 1. The van der Waals surface area contributed by atoms with Gasteiger partial charge < -0.3 is 15.5 Å². The van der Waals surface area contributed by atoms with Gasteiger partial charge in [-0.15, -0.1) is 10.2 Å². The number of nitrogens with one attached hydrogen (secondary N) is 1. The first-order chi connectivity index (χ1) is 16.2. The van der Waals surface area contributed by atoms with Crippen LogP contribution in [0.2, 0.25) is 0 Å². The van der Waals surface area contributed by atoms with Gasteiger partial charge in [-0.3, -0.25) is 0 Å². The number of nitrogens with zero attached hydrogens (tertiary/aromatic N) is 4. The summed E-state index contributed by atoms with van der Waals surface area (Å²) in [4.78, 5) is 9.13. The monoisotopic (exact) mass is 478 g/mol. The minimum atomic E-state index is -3.39. The first-order valence-electron chi connectivity index (χ1n) is 10.8. The number of rotatable bonds is 7. The van der Waals surface area contributed by atoms with E-state index in [9.17, 15) is 8.42 Å². The Kier molecular flexibility index (Phi) is 6.45. The normalized spacial score (nSPS) is 11.8. The van der Waals surface area contributed by atoms with Crippen molar-refractivity contribution in [3.63, 3.8) is 0 Å². The van der Waals surface area contributed by atoms with E-state index in [2.05, 4.69) is 25.5 Å². The number of sulfone groups is 1. The van der Waals surface area contributed by atoms with E-state index in [1.807, 2.05) is 31.3 Å². The lowest BCUT2D eigenvalue weighted by molar-refractivity contribution is 0.582. The molecule has 0 unspecified atom stereocenters. The maximum atomic E-state index is 12.6. The molecule has 10 heteroatoms. The first-order valence-corrected chi connectivity index (χ1v) is 12.3. The number of hydrogen-bond acceptors (Lipinski definition) is 9. The van der Waals surface area contributed by atoms with Crippen LogP contribution in [0.3, 0.4) is 0 Å². The third kappa shape index (κ3) is 4.55. The second kappa shape index (κ2) is 9.32. The molecule has 4 rings (SSSR count). The van der Waals surface area contributed by atoms with Crippen molar-refractivity contribution in [3.05, 3.63) is 59.8 Å². The van der Waals surface area contributed by atoms with Crippen LogP contribution in [0.25, 0.3) is 34.3 Å². The van der Waals surface area contributed by atoms with Crippen molar-refractivity contribution in [2.24, 2.45) is 0 Å². The van der Waals surface area contributed by atoms with Crippen LogP contribution in [0.15, 0.2) is 58.0 Å². The van der Waals surface area contributed by atoms with Gasteiger partial charge in [-0.2, -0.15) is 0 Å². The van der Waals surface area contributed by atoms with Crippen molar-refractivity contribution in [2.45, 2.75) is 37.5 Å². The Morgan fingerprint density at radius 2 is 1.71 bits per heavy atom. The quantitative estimate of drug-likeness (QED) is 0.408. The van der Waals surface area contributed by atoms with E-state index >= 15 is 0 Å². The lowest BCUT2D eigenvalue weighted by Crippen LogP contribution is -2.15. The molecule has 0 bridgehead atoms. The molecule has 0 radical (unpaired) electrons. The lowest BCUT2D eigenvalue weighted by Gasteiger charge is -2.12. The molecule has 0 saturated carbocycles. The van der Waals surface area contributed by atoms with Crippen molar-refractivity contribution in [1.82, 2.24) is 25.5 Å². The van der Waals surface area contributed by atoms with Gasteiger partial charge in [0.15, 0.2) is 21.3 Å². The minimum Gasteiger partial charge on any atom is -0.414 e. The molecule has 0 atom stereocenters. The Balaban J connectivity index is 1.67. The van der Waals surface area contributed by atoms with Crippen LogP contribution in [0, 0.1) is 6.92 Å². The smallest absolute Gasteiger partial charge is 0.270 e. The highest BCUT2D eigenvalue weighted by atomic mass is 32.2. The number of nitrogen functional groups attached to an aromatic ring is 1. The third-order valence-electron chi connectivity index (χ3n) is 5.41. The van der Waals surface area contributed by atoms with Crippen molar-refractivity contribution < 1.29 is 12.8 Å². The molecule has 4 aromatic rings. The average Bonchev–Trinajstić information content (AvgIpc) is 3.30. The predicted octanol–water partition coefficient (Wildman–Crippen LogP) is 3.65. The summed E-state index contributed by atoms with van der Waals surface area (Å²) >= 11 is 0. The largest absolute Gasteiger partial charge is 0.414 e. The van der Waals surface area contributed by atoms with E-state index in [4.69, 9.17) is 10.2 Å². The Bertz CT molecular complexity index is 1430. The van der Waals surface area contributed by atoms with E-state index in [0.717, 1.165) is 17.7 Å². The van der Waals surface area contributed by atoms with Gasteiger partial charge in [0.25, 0.3) is 5.89 Å². The maximum Gasteiger partial charge on any atom is 0.270 e. The van der Waals surface area contributed by atoms with Crippen molar-refractivity contribution in [2.75, 3.05) is 12.8 Å². The SMILES string of the molecule is CNCc1ccc(-c2nnc(-c3nc(-c4ccc(S(=O)(=O)C(C)C)c(C)c4)cnc3N)o2)cc1. The highest BCUT2D eigenvalue weighted by Crippen LogP contribution is 2.30. The van der Waals surface area contributed by atoms with Gasteiger partial charge >= 0.3 is 0 Å². The lowest BCUT2D eigenvalue weighted by atomic mass is 10.1. The van der Waals surface area contributed by atoms with Crippen LogP contribution in [0.5, 0.6) is 0 Å². The summed E-state index contributed by atoms with van der Waals surface area (Å²) in [7, 11) is -1.50. The van der Waals surface area contributed by atoms with Crippen LogP contribution in [-0.4, -0.2) is 40.9 Å². The maximum absolute atomic E-state index is 12.6. The van der Waals surface area contributed by atoms with Crippen LogP contribution in [0.1, 0.15) is 25.0 Å². The standard InChI is InChI=1S/C24H26N6O3S/c1-14(2)34(31,32)20-10-9-18(11-15(20)3)19-13-27-22(25)21(28-19)24-30-29-23(33-24)17-7-5-16(6-8-17)12-26-4/h5-11,13-14,26H,12H2,1-4H3,(H2,25,27). The van der Waals surface area contributed by atoms with Crippen molar-refractivity contribution in [3.8, 4) is 34.3 Å². The number of benzene rings is 2. The van der Waals surface area contributed by atoms with Crippen molar-refractivity contribution >= 4 is 15.7 Å². The highest BCUT2D eigenvalue weighted by molar-refractivity contribution is 7.92. The summed E-state index contributed by atoms with van der Waals surface area (Å²) in [5, 5.41) is 10.8. The zero-order valence-corrected chi connectivity index (χ0v) is 20.2. The zero-order chi connectivity index (χ0) is 24.5. The van der Waals surface area contributed by atoms with E-state index in [0.29, 0.717) is 27.6 Å². The van der Waals surface area contributed by atoms with Gasteiger partial charge in [0, 0.05) is 17.7 Å². The molecule has 0 aliphatic rings. The number of anilines is 1. The third-order valence-corrected chi connectivity index (χ3v) is 7.72. The van der Waals surface area contributed by atoms with E-state index in [1.165, 1.54) is 6.20 Å². The van der Waals surface area contributed by atoms with Crippen LogP contribution >= 0.6 is 0 Å². The molecule has 9 nitrogen and oxygen atoms in total. The van der Waals surface area contributed by atoms with Gasteiger partial charge in [-0.1, -0.05) is 18.2 Å². The molecular weight excluding hydrogens is 452 g/mol. The summed E-state index contributed by atoms with van der Waals surface area (Å²) in [6.07, 6.45) is 1.53. The molecule has 34 heavy (non-hydrogen) atoms. The zero-order valence-electron chi connectivity index (χ0n) is 19.4. The Morgan fingerprint density at radius 1 is 1.03 bits per heavy atom. The molecule has 0 aliphatic heterocycles. The van der Waals surface area contributed by atoms with Gasteiger partial charge in [0.2, 0.25) is 5.89 Å². The molecule has 176 valence electrons. The van der Waals surface area contributed by atoms with Gasteiger partial charge in [0.1, 0.15) is 0 Å². The fourth-order valence-electron chi connectivity index (χ4n) is 3.48. The topological polar surface area (TPSA) is 137 Å². The fraction of sp³-hybridized carbons (Fsp3) is 0.250. The summed E-state index contributed by atoms with van der Waals surface area (Å²) in [6.45, 7) is 5.85. The van der Waals surface area contributed by atoms with Gasteiger partial charge in [-0.25, -0.2) is 18.4 Å². The average molecular weight is 479 g/mol. The second-order valence-corrected chi connectivity index (χ2v) is 10.7. The molecule has 3 N–H and O–H groups in total. The Labute approximate surface area is 198 Å². The molecule has 0 saturated heterocycles. The van der Waals surface area contributed by atoms with Crippen LogP contribution < -0.4 is 11.1 Å². The van der Waals surface area contributed by atoms with Crippen LogP contribution in [-0.2, 0) is 16.4 Å². The molecule has 0 aliphatic carbocycles. The molecule has 2 aromatic heterocycles. The van der Waals surface area contributed by atoms with Gasteiger partial charge in [0.05, 0.1) is 22.0 Å². The number of nitrogens with two attached hydrogens (primary N) is 1. The molecule has 2 heterocycles. The number of hydrogen-bond donors (Lipinski definition) is 2. The number of aromatic nitrogens is 4. The second-order valence-electron chi connectivity index (χ2n) is 8.20. The van der Waals surface area contributed by atoms with E-state index in [1.54, 1.807) is 39.0 Å². The first kappa shape index (κ1) is 23.5. The molecule has 0 spiro atoms. The molecule has 0 fully saturated rings. The van der Waals surface area contributed by atoms with Crippen molar-refractivity contribution in [1.29, 1.82) is 0 Å². The molecule has 2 aromatic carbocycles. The summed E-state index contributed by atoms with van der Waals surface area (Å²) in [5.41, 5.74) is 10.1. The predicted molar refractivity (Wildman–Crippen MR) is 130 cm³/mol. The summed E-state index contributed by atoms with van der Waals surface area (Å²) in [5.74, 6) is 0.646. The Hall–Kier alpha value is -3.63. The minimum absolute atomic E-state index is 0.150. The van der Waals surface area contributed by atoms with Gasteiger partial charge in [-0.05, 0) is 63.2 Å². The summed E-state index contributed by atoms with van der Waals surface area (Å²) in [6, 6.07) is 12.9. The van der Waals surface area contributed by atoms with E-state index < -0.39 is 15.1 Å². The van der Waals surface area contributed by atoms with E-state index in [-0.39, 0.29) is 17.4 Å². The van der Waals surface area contributed by atoms with Crippen LogP contribution in [0.4, 0.5) is 5.82 Å². The molecule has 0 amide bonds. The highest BCUT2D eigenvalue weighted by Gasteiger charge is 2.22. The fourth-order valence-corrected chi connectivity index (χ4v) is 4.75. The summed E-state index contributed by atoms with van der Waals surface area (Å²) < 4.78 is 31.0. The Morgan fingerprint density at radius 3 is 2.35 bits per heavy atom.